The van der Waals surface area contributed by atoms with Crippen LogP contribution in [0, 0.1) is 0 Å². The van der Waals surface area contributed by atoms with Gasteiger partial charge in [-0.25, -0.2) is 0 Å². The monoisotopic (exact) mass is 156 g/mol. The van der Waals surface area contributed by atoms with Crippen molar-refractivity contribution < 1.29 is 0 Å². The third-order valence-electron chi connectivity index (χ3n) is 2.41. The molecule has 0 aromatic carbocycles. The molecule has 1 fully saturated rings. The summed E-state index contributed by atoms with van der Waals surface area (Å²) in [7, 11) is 0. The molecule has 0 spiro atoms. The van der Waals surface area contributed by atoms with E-state index in [2.05, 4.69) is 25.7 Å². The van der Waals surface area contributed by atoms with E-state index >= 15 is 0 Å². The Bertz CT molecular complexity index is 126. The number of likely N-dealkylation sites (tertiary alicyclic amines) is 1. The summed E-state index contributed by atoms with van der Waals surface area (Å²) in [5, 5.41) is 0. The number of nitrogens with zero attached hydrogens (tertiary/aromatic N) is 1. The molecule has 0 amide bonds. The fourth-order valence-corrected chi connectivity index (χ4v) is 1.62. The highest BCUT2D eigenvalue weighted by Gasteiger charge is 2.25. The van der Waals surface area contributed by atoms with Crippen LogP contribution in [-0.2, 0) is 0 Å². The van der Waals surface area contributed by atoms with Crippen molar-refractivity contribution in [3.63, 3.8) is 0 Å². The predicted molar refractivity (Wildman–Crippen MR) is 48.5 cm³/mol. The van der Waals surface area contributed by atoms with Gasteiger partial charge >= 0.3 is 0 Å². The summed E-state index contributed by atoms with van der Waals surface area (Å²) in [4.78, 5) is 2.47. The standard InChI is InChI=1S/C9H20N2/c1-9(2,3)11-6-4-5-8(10)7-11/h8H,4-7,10H2,1-3H3/t8-/m0/s1. The molecule has 2 nitrogen and oxygen atoms in total. The molecular formula is C9H20N2. The van der Waals surface area contributed by atoms with Crippen LogP contribution in [0.2, 0.25) is 0 Å². The molecule has 1 aliphatic heterocycles. The Balaban J connectivity index is 2.46. The minimum absolute atomic E-state index is 0.304. The van der Waals surface area contributed by atoms with Gasteiger partial charge in [0.25, 0.3) is 0 Å². The summed E-state index contributed by atoms with van der Waals surface area (Å²) in [6.45, 7) is 9.06. The van der Waals surface area contributed by atoms with Crippen LogP contribution in [0.15, 0.2) is 0 Å². The van der Waals surface area contributed by atoms with Gasteiger partial charge < -0.3 is 5.73 Å². The molecule has 1 rings (SSSR count). The molecule has 0 unspecified atom stereocenters. The van der Waals surface area contributed by atoms with Gasteiger partial charge in [0.2, 0.25) is 0 Å². The van der Waals surface area contributed by atoms with Gasteiger partial charge in [-0.15, -0.1) is 0 Å². The Morgan fingerprint density at radius 3 is 2.36 bits per heavy atom. The van der Waals surface area contributed by atoms with Crippen molar-refractivity contribution in [2.75, 3.05) is 13.1 Å². The Hall–Kier alpha value is -0.0800. The highest BCUT2D eigenvalue weighted by atomic mass is 15.2. The fraction of sp³-hybridized carbons (Fsp3) is 1.00. The quantitative estimate of drug-likeness (QED) is 0.571. The molecule has 2 N–H and O–H groups in total. The first-order chi connectivity index (χ1) is 5.00. The molecule has 1 heterocycles. The summed E-state index contributed by atoms with van der Waals surface area (Å²) >= 11 is 0. The van der Waals surface area contributed by atoms with Crippen LogP contribution in [0.5, 0.6) is 0 Å². The second-order valence-corrected chi connectivity index (χ2v) is 4.52. The minimum Gasteiger partial charge on any atom is -0.327 e. The largest absolute Gasteiger partial charge is 0.327 e. The molecule has 0 bridgehead atoms. The predicted octanol–water partition coefficient (Wildman–Crippen LogP) is 1.21. The zero-order valence-electron chi connectivity index (χ0n) is 7.93. The smallest absolute Gasteiger partial charge is 0.0168 e. The van der Waals surface area contributed by atoms with Gasteiger partial charge in [-0.2, -0.15) is 0 Å². The summed E-state index contributed by atoms with van der Waals surface area (Å²) in [5.74, 6) is 0. The second-order valence-electron chi connectivity index (χ2n) is 4.52. The number of piperidine rings is 1. The van der Waals surface area contributed by atoms with Gasteiger partial charge in [-0.1, -0.05) is 0 Å². The SMILES string of the molecule is CC(C)(C)N1CCC[C@H](N)C1. The van der Waals surface area contributed by atoms with E-state index in [1.54, 1.807) is 0 Å². The van der Waals surface area contributed by atoms with Crippen molar-refractivity contribution >= 4 is 0 Å². The zero-order valence-corrected chi connectivity index (χ0v) is 7.93. The summed E-state index contributed by atoms with van der Waals surface area (Å²) in [5.41, 5.74) is 6.18. The summed E-state index contributed by atoms with van der Waals surface area (Å²) in [6, 6.07) is 0.406. The lowest BCUT2D eigenvalue weighted by atomic mass is 9.99. The lowest BCUT2D eigenvalue weighted by molar-refractivity contribution is 0.0999. The Labute approximate surface area is 69.8 Å². The molecule has 11 heavy (non-hydrogen) atoms. The van der Waals surface area contributed by atoms with E-state index in [1.807, 2.05) is 0 Å². The van der Waals surface area contributed by atoms with Crippen molar-refractivity contribution in [1.29, 1.82) is 0 Å². The van der Waals surface area contributed by atoms with E-state index in [1.165, 1.54) is 19.4 Å². The summed E-state index contributed by atoms with van der Waals surface area (Å²) < 4.78 is 0. The van der Waals surface area contributed by atoms with E-state index in [0.717, 1.165) is 6.54 Å². The highest BCUT2D eigenvalue weighted by Crippen LogP contribution is 2.18. The maximum atomic E-state index is 5.88. The average molecular weight is 156 g/mol. The van der Waals surface area contributed by atoms with Crippen LogP contribution in [0.1, 0.15) is 33.6 Å². The number of hydrogen-bond donors (Lipinski definition) is 1. The normalized spacial score (nSPS) is 28.9. The maximum Gasteiger partial charge on any atom is 0.0168 e. The molecule has 2 heteroatoms. The van der Waals surface area contributed by atoms with Gasteiger partial charge in [-0.3, -0.25) is 4.90 Å². The van der Waals surface area contributed by atoms with Crippen molar-refractivity contribution in [3.05, 3.63) is 0 Å². The van der Waals surface area contributed by atoms with Crippen LogP contribution in [0.4, 0.5) is 0 Å². The van der Waals surface area contributed by atoms with E-state index < -0.39 is 0 Å². The Morgan fingerprint density at radius 1 is 1.36 bits per heavy atom. The molecule has 0 radical (unpaired) electrons. The molecule has 1 aliphatic rings. The van der Waals surface area contributed by atoms with Crippen molar-refractivity contribution in [2.45, 2.75) is 45.2 Å². The molecular weight excluding hydrogens is 136 g/mol. The van der Waals surface area contributed by atoms with Crippen LogP contribution in [-0.4, -0.2) is 29.6 Å². The van der Waals surface area contributed by atoms with E-state index in [4.69, 9.17) is 5.73 Å². The lowest BCUT2D eigenvalue weighted by Gasteiger charge is -2.40. The molecule has 1 saturated heterocycles. The van der Waals surface area contributed by atoms with Gasteiger partial charge in [0.05, 0.1) is 0 Å². The Morgan fingerprint density at radius 2 is 2.00 bits per heavy atom. The Kier molecular flexibility index (Phi) is 2.55. The van der Waals surface area contributed by atoms with Gasteiger partial charge in [0.15, 0.2) is 0 Å². The first kappa shape index (κ1) is 9.01. The van der Waals surface area contributed by atoms with Crippen LogP contribution >= 0.6 is 0 Å². The molecule has 66 valence electrons. The van der Waals surface area contributed by atoms with Crippen LogP contribution < -0.4 is 5.73 Å². The van der Waals surface area contributed by atoms with Crippen molar-refractivity contribution in [2.24, 2.45) is 5.73 Å². The average Bonchev–Trinajstić information content (AvgIpc) is 1.86. The third kappa shape index (κ3) is 2.46. The first-order valence-electron chi connectivity index (χ1n) is 4.51. The minimum atomic E-state index is 0.304. The van der Waals surface area contributed by atoms with E-state index in [0.29, 0.717) is 11.6 Å². The van der Waals surface area contributed by atoms with E-state index in [-0.39, 0.29) is 0 Å². The molecule has 0 aromatic heterocycles. The van der Waals surface area contributed by atoms with Crippen LogP contribution in [0.3, 0.4) is 0 Å². The summed E-state index contributed by atoms with van der Waals surface area (Å²) in [6.07, 6.45) is 2.46. The van der Waals surface area contributed by atoms with Gasteiger partial charge in [-0.05, 0) is 40.2 Å². The maximum absolute atomic E-state index is 5.88. The third-order valence-corrected chi connectivity index (χ3v) is 2.41. The van der Waals surface area contributed by atoms with E-state index in [9.17, 15) is 0 Å². The second kappa shape index (κ2) is 3.11. The molecule has 0 aromatic rings. The number of hydrogen-bond acceptors (Lipinski definition) is 2. The van der Waals surface area contributed by atoms with Crippen molar-refractivity contribution in [3.8, 4) is 0 Å². The number of rotatable bonds is 0. The molecule has 0 aliphatic carbocycles. The lowest BCUT2D eigenvalue weighted by Crippen LogP contribution is -2.51. The van der Waals surface area contributed by atoms with Gasteiger partial charge in [0, 0.05) is 18.1 Å². The topological polar surface area (TPSA) is 29.3 Å². The number of nitrogens with two attached hydrogens (primary N) is 1. The highest BCUT2D eigenvalue weighted by molar-refractivity contribution is 4.83. The molecule has 0 saturated carbocycles. The van der Waals surface area contributed by atoms with Crippen molar-refractivity contribution in [1.82, 2.24) is 4.90 Å². The van der Waals surface area contributed by atoms with Gasteiger partial charge in [0.1, 0.15) is 0 Å². The molecule has 1 atom stereocenters. The first-order valence-corrected chi connectivity index (χ1v) is 4.51. The van der Waals surface area contributed by atoms with Crippen LogP contribution in [0.25, 0.3) is 0 Å². The fourth-order valence-electron chi connectivity index (χ4n) is 1.62. The zero-order chi connectivity index (χ0) is 8.48.